The maximum Gasteiger partial charge on any atom is 0.251 e. The summed E-state index contributed by atoms with van der Waals surface area (Å²) in [5.74, 6) is -0.284. The van der Waals surface area contributed by atoms with E-state index in [1.54, 1.807) is 0 Å². The van der Waals surface area contributed by atoms with E-state index in [2.05, 4.69) is 5.10 Å². The first kappa shape index (κ1) is 14.2. The molecule has 3 rings (SSSR count). The minimum atomic E-state index is -3.24. The lowest BCUT2D eigenvalue weighted by Crippen LogP contribution is -2.44. The van der Waals surface area contributed by atoms with Crippen LogP contribution in [0.25, 0.3) is 0 Å². The van der Waals surface area contributed by atoms with Crippen molar-refractivity contribution in [3.8, 4) is 0 Å². The molecule has 1 aromatic carbocycles. The van der Waals surface area contributed by atoms with E-state index in [0.29, 0.717) is 25.2 Å². The number of amides is 1. The van der Waals surface area contributed by atoms with Crippen LogP contribution in [0.15, 0.2) is 35.4 Å². The second-order valence-electron chi connectivity index (χ2n) is 5.41. The molecule has 0 N–H and O–H groups in total. The van der Waals surface area contributed by atoms with Crippen LogP contribution in [0.1, 0.15) is 12.0 Å². The van der Waals surface area contributed by atoms with Crippen molar-refractivity contribution in [2.24, 2.45) is 11.0 Å². The summed E-state index contributed by atoms with van der Waals surface area (Å²) in [6.07, 6.45) is 1.70. The van der Waals surface area contributed by atoms with Gasteiger partial charge in [0.25, 0.3) is 5.91 Å². The molecule has 2 heterocycles. The number of sulfonamides is 1. The van der Waals surface area contributed by atoms with Gasteiger partial charge in [0, 0.05) is 6.54 Å². The monoisotopic (exact) mass is 307 g/mol. The van der Waals surface area contributed by atoms with E-state index in [4.69, 9.17) is 0 Å². The van der Waals surface area contributed by atoms with Crippen LogP contribution in [0.3, 0.4) is 0 Å². The lowest BCUT2D eigenvalue weighted by atomic mass is 9.96. The molecule has 0 bridgehead atoms. The van der Waals surface area contributed by atoms with Crippen molar-refractivity contribution in [1.29, 1.82) is 0 Å². The normalized spacial score (nSPS) is 23.1. The number of piperidine rings is 1. The fourth-order valence-corrected chi connectivity index (χ4v) is 3.52. The number of carbonyl (C=O) groups is 1. The van der Waals surface area contributed by atoms with E-state index < -0.39 is 10.0 Å². The van der Waals surface area contributed by atoms with E-state index in [1.807, 2.05) is 30.3 Å². The minimum Gasteiger partial charge on any atom is -0.272 e. The first-order chi connectivity index (χ1) is 9.95. The third-order valence-corrected chi connectivity index (χ3v) is 5.10. The van der Waals surface area contributed by atoms with Crippen molar-refractivity contribution < 1.29 is 13.2 Å². The Kier molecular flexibility index (Phi) is 3.54. The number of carbonyl (C=O) groups excluding carboxylic acids is 1. The molecule has 0 aliphatic carbocycles. The lowest BCUT2D eigenvalue weighted by molar-refractivity contribution is -0.132. The third-order valence-electron chi connectivity index (χ3n) is 3.85. The Morgan fingerprint density at radius 2 is 2.00 bits per heavy atom. The van der Waals surface area contributed by atoms with E-state index in [1.165, 1.54) is 15.6 Å². The highest BCUT2D eigenvalue weighted by Gasteiger charge is 2.40. The predicted octanol–water partition coefficient (Wildman–Crippen LogP) is 0.666. The molecule has 0 saturated carbocycles. The summed E-state index contributed by atoms with van der Waals surface area (Å²) in [5, 5.41) is 5.80. The smallest absolute Gasteiger partial charge is 0.251 e. The van der Waals surface area contributed by atoms with E-state index in [9.17, 15) is 13.2 Å². The average molecular weight is 307 g/mol. The van der Waals surface area contributed by atoms with Gasteiger partial charge in [0.1, 0.15) is 0 Å². The number of benzene rings is 1. The van der Waals surface area contributed by atoms with E-state index in [-0.39, 0.29) is 18.4 Å². The SMILES string of the molecule is CS(=O)(=O)N1CCC2C(=O)N(Cc3ccccc3)N=C2C1. The van der Waals surface area contributed by atoms with Gasteiger partial charge in [0.15, 0.2) is 0 Å². The first-order valence-electron chi connectivity index (χ1n) is 6.83. The van der Waals surface area contributed by atoms with E-state index in [0.717, 1.165) is 5.56 Å². The zero-order chi connectivity index (χ0) is 15.0. The van der Waals surface area contributed by atoms with Gasteiger partial charge in [-0.2, -0.15) is 9.41 Å². The van der Waals surface area contributed by atoms with Crippen LogP contribution in [-0.4, -0.2) is 48.7 Å². The molecule has 1 unspecified atom stereocenters. The molecule has 1 aromatic rings. The van der Waals surface area contributed by atoms with Crippen LogP contribution < -0.4 is 0 Å². The van der Waals surface area contributed by atoms with Gasteiger partial charge in [-0.15, -0.1) is 0 Å². The van der Waals surface area contributed by atoms with Crippen LogP contribution in [0, 0.1) is 5.92 Å². The molecule has 0 aromatic heterocycles. The molecular weight excluding hydrogens is 290 g/mol. The molecule has 7 heteroatoms. The second-order valence-corrected chi connectivity index (χ2v) is 7.39. The van der Waals surface area contributed by atoms with Crippen LogP contribution in [0.4, 0.5) is 0 Å². The van der Waals surface area contributed by atoms with Crippen molar-refractivity contribution in [2.45, 2.75) is 13.0 Å². The molecule has 1 amide bonds. The summed E-state index contributed by atoms with van der Waals surface area (Å²) in [4.78, 5) is 12.3. The summed E-state index contributed by atoms with van der Waals surface area (Å²) in [6.45, 7) is 1.03. The second kappa shape index (κ2) is 5.23. The number of rotatable bonds is 3. The van der Waals surface area contributed by atoms with Gasteiger partial charge in [0.2, 0.25) is 10.0 Å². The van der Waals surface area contributed by atoms with Crippen LogP contribution >= 0.6 is 0 Å². The molecule has 1 fully saturated rings. The largest absolute Gasteiger partial charge is 0.272 e. The van der Waals surface area contributed by atoms with Crippen LogP contribution in [0.5, 0.6) is 0 Å². The summed E-state index contributed by atoms with van der Waals surface area (Å²) < 4.78 is 24.6. The number of hydrogen-bond donors (Lipinski definition) is 0. The zero-order valence-electron chi connectivity index (χ0n) is 11.8. The highest BCUT2D eigenvalue weighted by molar-refractivity contribution is 7.88. The predicted molar refractivity (Wildman–Crippen MR) is 79.0 cm³/mol. The van der Waals surface area contributed by atoms with Crippen molar-refractivity contribution in [3.63, 3.8) is 0 Å². The third kappa shape index (κ3) is 2.84. The van der Waals surface area contributed by atoms with Gasteiger partial charge in [-0.05, 0) is 12.0 Å². The Labute approximate surface area is 124 Å². The fraction of sp³-hybridized carbons (Fsp3) is 0.429. The summed E-state index contributed by atoms with van der Waals surface area (Å²) >= 11 is 0. The Balaban J connectivity index is 1.78. The number of fused-ring (bicyclic) bond motifs is 1. The van der Waals surface area contributed by atoms with Crippen molar-refractivity contribution in [2.75, 3.05) is 19.3 Å². The maximum absolute atomic E-state index is 12.3. The standard InChI is InChI=1S/C14H17N3O3S/c1-21(19,20)16-8-7-12-13(10-16)15-17(14(12)18)9-11-5-3-2-4-6-11/h2-6,12H,7-10H2,1H3. The van der Waals surface area contributed by atoms with E-state index >= 15 is 0 Å². The molecule has 112 valence electrons. The van der Waals surface area contributed by atoms with Gasteiger partial charge in [-0.1, -0.05) is 30.3 Å². The molecule has 1 saturated heterocycles. The first-order valence-corrected chi connectivity index (χ1v) is 8.68. The van der Waals surface area contributed by atoms with Crippen LogP contribution in [0.2, 0.25) is 0 Å². The lowest BCUT2D eigenvalue weighted by Gasteiger charge is -2.27. The molecule has 21 heavy (non-hydrogen) atoms. The van der Waals surface area contributed by atoms with Crippen LogP contribution in [-0.2, 0) is 21.4 Å². The average Bonchev–Trinajstić information content (AvgIpc) is 2.75. The van der Waals surface area contributed by atoms with Gasteiger partial charge >= 0.3 is 0 Å². The highest BCUT2D eigenvalue weighted by Crippen LogP contribution is 2.26. The molecule has 2 aliphatic heterocycles. The van der Waals surface area contributed by atoms with Gasteiger partial charge in [0.05, 0.1) is 31.0 Å². The number of hydrazone groups is 1. The van der Waals surface area contributed by atoms with Crippen molar-refractivity contribution in [3.05, 3.63) is 35.9 Å². The molecule has 6 nitrogen and oxygen atoms in total. The van der Waals surface area contributed by atoms with Crippen molar-refractivity contribution in [1.82, 2.24) is 9.31 Å². The Morgan fingerprint density at radius 1 is 1.29 bits per heavy atom. The van der Waals surface area contributed by atoms with Gasteiger partial charge in [-0.25, -0.2) is 13.4 Å². The molecule has 0 radical (unpaired) electrons. The zero-order valence-corrected chi connectivity index (χ0v) is 12.6. The fourth-order valence-electron chi connectivity index (χ4n) is 2.71. The van der Waals surface area contributed by atoms with Gasteiger partial charge < -0.3 is 0 Å². The minimum absolute atomic E-state index is 0.0259. The molecule has 1 atom stereocenters. The molecule has 2 aliphatic rings. The summed E-state index contributed by atoms with van der Waals surface area (Å²) in [7, 11) is -3.24. The quantitative estimate of drug-likeness (QED) is 0.824. The Bertz CT molecular complexity index is 685. The van der Waals surface area contributed by atoms with Gasteiger partial charge in [-0.3, -0.25) is 4.79 Å². The molecular formula is C14H17N3O3S. The summed E-state index contributed by atoms with van der Waals surface area (Å²) in [6, 6.07) is 9.64. The van der Waals surface area contributed by atoms with Crippen molar-refractivity contribution >= 4 is 21.6 Å². The maximum atomic E-state index is 12.3. The number of nitrogens with zero attached hydrogens (tertiary/aromatic N) is 3. The Hall–Kier alpha value is -1.73. The number of hydrogen-bond acceptors (Lipinski definition) is 4. The topological polar surface area (TPSA) is 70.1 Å². The Morgan fingerprint density at radius 3 is 2.67 bits per heavy atom. The highest BCUT2D eigenvalue weighted by atomic mass is 32.2. The molecule has 0 spiro atoms. The summed E-state index contributed by atoms with van der Waals surface area (Å²) in [5.41, 5.74) is 1.67.